The second-order valence-electron chi connectivity index (χ2n) is 5.59. The van der Waals surface area contributed by atoms with Gasteiger partial charge in [0.2, 0.25) is 0 Å². The van der Waals surface area contributed by atoms with Gasteiger partial charge in [-0.2, -0.15) is 5.10 Å². The van der Waals surface area contributed by atoms with E-state index in [-0.39, 0.29) is 17.3 Å². The van der Waals surface area contributed by atoms with Gasteiger partial charge in [-0.05, 0) is 12.1 Å². The van der Waals surface area contributed by atoms with Crippen LogP contribution in [-0.4, -0.2) is 36.9 Å². The lowest BCUT2D eigenvalue weighted by atomic mass is 10.1. The van der Waals surface area contributed by atoms with E-state index in [0.717, 1.165) is 0 Å². The van der Waals surface area contributed by atoms with Crippen LogP contribution in [0.1, 0.15) is 11.1 Å². The number of nitrogens with one attached hydrogen (secondary N) is 1. The van der Waals surface area contributed by atoms with Gasteiger partial charge in [-0.1, -0.05) is 24.3 Å². The van der Waals surface area contributed by atoms with Gasteiger partial charge in [0.05, 0.1) is 16.8 Å². The molecule has 3 rings (SSSR count). The number of nitro benzene ring substituents is 1. The Morgan fingerprint density at radius 2 is 1.96 bits per heavy atom. The summed E-state index contributed by atoms with van der Waals surface area (Å²) >= 11 is 0. The van der Waals surface area contributed by atoms with E-state index in [2.05, 4.69) is 15.5 Å². The average Bonchev–Trinajstić information content (AvgIpc) is 2.90. The molecule has 8 heteroatoms. The van der Waals surface area contributed by atoms with Gasteiger partial charge in [0.25, 0.3) is 11.6 Å². The number of carbonyl (C=O) groups is 1. The van der Waals surface area contributed by atoms with E-state index in [1.54, 1.807) is 43.3 Å². The molecule has 1 heterocycles. The molecule has 0 aromatic heterocycles. The molecule has 0 radical (unpaired) electrons. The molecular formula is C17H15N5O3. The van der Waals surface area contributed by atoms with E-state index in [0.29, 0.717) is 22.5 Å². The standard InChI is InChI=1S/C17H15N5O3/c1-21(2)14-8-7-11(9-15(14)22(24)25)10-18-20-16-12-5-3-4-6-13(12)19-17(16)23/h3-10H,1-2H3,(H,19,20,23)/b18-10+. The van der Waals surface area contributed by atoms with Crippen LogP contribution in [0.25, 0.3) is 0 Å². The van der Waals surface area contributed by atoms with Gasteiger partial charge >= 0.3 is 0 Å². The zero-order valence-electron chi connectivity index (χ0n) is 13.6. The number of hydrogen-bond donors (Lipinski definition) is 1. The number of nitro groups is 1. The summed E-state index contributed by atoms with van der Waals surface area (Å²) in [5.41, 5.74) is 2.58. The highest BCUT2D eigenvalue weighted by Gasteiger charge is 2.25. The molecule has 1 aliphatic rings. The second-order valence-corrected chi connectivity index (χ2v) is 5.59. The summed E-state index contributed by atoms with van der Waals surface area (Å²) < 4.78 is 0. The third-order valence-electron chi connectivity index (χ3n) is 3.69. The SMILES string of the molecule is CN(C)c1ccc(/C=N/N=C2\C(=O)Nc3ccccc32)cc1[N+](=O)[O-]. The molecule has 0 atom stereocenters. The molecule has 126 valence electrons. The summed E-state index contributed by atoms with van der Waals surface area (Å²) in [5.74, 6) is -0.327. The van der Waals surface area contributed by atoms with Gasteiger partial charge in [-0.3, -0.25) is 14.9 Å². The Morgan fingerprint density at radius 1 is 1.20 bits per heavy atom. The Bertz CT molecular complexity index is 918. The molecule has 1 aliphatic heterocycles. The topological polar surface area (TPSA) is 100 Å². The van der Waals surface area contributed by atoms with Crippen LogP contribution in [-0.2, 0) is 4.79 Å². The first-order valence-corrected chi connectivity index (χ1v) is 7.45. The van der Waals surface area contributed by atoms with Crippen molar-refractivity contribution in [2.24, 2.45) is 10.2 Å². The third kappa shape index (κ3) is 3.23. The highest BCUT2D eigenvalue weighted by molar-refractivity contribution is 6.53. The summed E-state index contributed by atoms with van der Waals surface area (Å²) in [6, 6.07) is 11.9. The van der Waals surface area contributed by atoms with Gasteiger partial charge in [0.15, 0.2) is 5.71 Å². The smallest absolute Gasteiger partial charge is 0.293 e. The minimum atomic E-state index is -0.445. The van der Waals surface area contributed by atoms with E-state index in [1.165, 1.54) is 12.3 Å². The van der Waals surface area contributed by atoms with Crippen LogP contribution in [0.15, 0.2) is 52.7 Å². The van der Waals surface area contributed by atoms with E-state index < -0.39 is 4.92 Å². The van der Waals surface area contributed by atoms with Crippen LogP contribution in [0, 0.1) is 10.1 Å². The number of carbonyl (C=O) groups excluding carboxylic acids is 1. The molecule has 0 saturated carbocycles. The number of para-hydroxylation sites is 1. The molecule has 0 bridgehead atoms. The van der Waals surface area contributed by atoms with Crippen molar-refractivity contribution in [3.63, 3.8) is 0 Å². The van der Waals surface area contributed by atoms with Crippen molar-refractivity contribution in [1.82, 2.24) is 0 Å². The summed E-state index contributed by atoms with van der Waals surface area (Å²) in [5, 5.41) is 21.8. The number of anilines is 2. The van der Waals surface area contributed by atoms with Crippen molar-refractivity contribution in [3.05, 3.63) is 63.7 Å². The van der Waals surface area contributed by atoms with Gasteiger partial charge in [-0.15, -0.1) is 5.10 Å². The monoisotopic (exact) mass is 337 g/mol. The Balaban J connectivity index is 1.89. The lowest BCUT2D eigenvalue weighted by Crippen LogP contribution is -2.13. The van der Waals surface area contributed by atoms with Crippen molar-refractivity contribution >= 4 is 34.9 Å². The number of rotatable bonds is 4. The fourth-order valence-corrected chi connectivity index (χ4v) is 2.50. The predicted octanol–water partition coefficient (Wildman–Crippen LogP) is 2.44. The first-order chi connectivity index (χ1) is 12.0. The molecule has 1 amide bonds. The molecule has 0 fully saturated rings. The van der Waals surface area contributed by atoms with Crippen molar-refractivity contribution in [1.29, 1.82) is 0 Å². The Hall–Kier alpha value is -3.55. The molecule has 25 heavy (non-hydrogen) atoms. The van der Waals surface area contributed by atoms with Crippen LogP contribution < -0.4 is 10.2 Å². The van der Waals surface area contributed by atoms with Gasteiger partial charge in [-0.25, -0.2) is 0 Å². The number of nitrogens with zero attached hydrogens (tertiary/aromatic N) is 4. The number of fused-ring (bicyclic) bond motifs is 1. The molecule has 0 aliphatic carbocycles. The minimum absolute atomic E-state index is 0.0226. The molecule has 2 aromatic rings. The van der Waals surface area contributed by atoms with Crippen LogP contribution in [0.4, 0.5) is 17.1 Å². The largest absolute Gasteiger partial charge is 0.372 e. The van der Waals surface area contributed by atoms with Crippen LogP contribution in [0.3, 0.4) is 0 Å². The highest BCUT2D eigenvalue weighted by atomic mass is 16.6. The van der Waals surface area contributed by atoms with Crippen molar-refractivity contribution < 1.29 is 9.72 Å². The summed E-state index contributed by atoms with van der Waals surface area (Å²) in [6.45, 7) is 0. The maximum Gasteiger partial charge on any atom is 0.293 e. The van der Waals surface area contributed by atoms with Crippen molar-refractivity contribution in [3.8, 4) is 0 Å². The van der Waals surface area contributed by atoms with E-state index in [4.69, 9.17) is 0 Å². The number of hydrogen-bond acceptors (Lipinski definition) is 6. The summed E-state index contributed by atoms with van der Waals surface area (Å²) in [7, 11) is 3.47. The van der Waals surface area contributed by atoms with Crippen molar-refractivity contribution in [2.45, 2.75) is 0 Å². The van der Waals surface area contributed by atoms with Gasteiger partial charge < -0.3 is 10.2 Å². The Kier molecular flexibility index (Phi) is 4.25. The molecule has 2 aromatic carbocycles. The molecule has 8 nitrogen and oxygen atoms in total. The summed E-state index contributed by atoms with van der Waals surface area (Å²) in [4.78, 5) is 24.3. The number of amides is 1. The van der Waals surface area contributed by atoms with E-state index in [1.807, 2.05) is 12.1 Å². The van der Waals surface area contributed by atoms with Gasteiger partial charge in [0, 0.05) is 31.3 Å². The molecule has 0 unspecified atom stereocenters. The molecular weight excluding hydrogens is 322 g/mol. The number of benzene rings is 2. The average molecular weight is 337 g/mol. The van der Waals surface area contributed by atoms with Gasteiger partial charge in [0.1, 0.15) is 5.69 Å². The predicted molar refractivity (Wildman–Crippen MR) is 96.6 cm³/mol. The zero-order valence-corrected chi connectivity index (χ0v) is 13.6. The maximum absolute atomic E-state index is 11.9. The summed E-state index contributed by atoms with van der Waals surface area (Å²) in [6.07, 6.45) is 1.38. The Morgan fingerprint density at radius 3 is 2.68 bits per heavy atom. The highest BCUT2D eigenvalue weighted by Crippen LogP contribution is 2.27. The van der Waals surface area contributed by atoms with Crippen molar-refractivity contribution in [2.75, 3.05) is 24.3 Å². The molecule has 1 N–H and O–H groups in total. The lowest BCUT2D eigenvalue weighted by molar-refractivity contribution is -0.384. The maximum atomic E-state index is 11.9. The zero-order chi connectivity index (χ0) is 18.0. The Labute approximate surface area is 143 Å². The quantitative estimate of drug-likeness (QED) is 0.526. The fourth-order valence-electron chi connectivity index (χ4n) is 2.50. The molecule has 0 spiro atoms. The molecule has 0 saturated heterocycles. The second kappa shape index (κ2) is 6.52. The normalized spacial score (nSPS) is 14.6. The lowest BCUT2D eigenvalue weighted by Gasteiger charge is -2.12. The third-order valence-corrected chi connectivity index (χ3v) is 3.69. The first kappa shape index (κ1) is 16.3. The first-order valence-electron chi connectivity index (χ1n) is 7.45. The van der Waals surface area contributed by atoms with Crippen LogP contribution in [0.5, 0.6) is 0 Å². The van der Waals surface area contributed by atoms with E-state index in [9.17, 15) is 14.9 Å². The van der Waals surface area contributed by atoms with Crippen LogP contribution in [0.2, 0.25) is 0 Å². The fraction of sp³-hybridized carbons (Fsp3) is 0.118. The van der Waals surface area contributed by atoms with Crippen LogP contribution >= 0.6 is 0 Å². The minimum Gasteiger partial charge on any atom is -0.372 e. The van der Waals surface area contributed by atoms with E-state index >= 15 is 0 Å².